The number of para-hydroxylation sites is 1. The second-order valence-corrected chi connectivity index (χ2v) is 7.26. The number of hydrogen-bond acceptors (Lipinski definition) is 4. The van der Waals surface area contributed by atoms with E-state index in [1.807, 2.05) is 54.6 Å². The van der Waals surface area contributed by atoms with Gasteiger partial charge in [0.05, 0.1) is 18.3 Å². The van der Waals surface area contributed by atoms with Gasteiger partial charge in [-0.25, -0.2) is 4.99 Å². The highest BCUT2D eigenvalue weighted by Gasteiger charge is 2.17. The topological polar surface area (TPSA) is 35.8 Å². The lowest BCUT2D eigenvalue weighted by Gasteiger charge is -2.12. The van der Waals surface area contributed by atoms with Crippen molar-refractivity contribution in [2.75, 3.05) is 6.61 Å². The third kappa shape index (κ3) is 4.06. The van der Waals surface area contributed by atoms with Crippen LogP contribution in [0.2, 0.25) is 0 Å². The molecule has 0 aliphatic carbocycles. The Morgan fingerprint density at radius 2 is 1.88 bits per heavy atom. The van der Waals surface area contributed by atoms with Gasteiger partial charge in [0.2, 0.25) is 0 Å². The lowest BCUT2D eigenvalue weighted by atomic mass is 10.2. The number of ether oxygens (including phenoxy) is 2. The van der Waals surface area contributed by atoms with E-state index in [1.54, 1.807) is 11.3 Å². The van der Waals surface area contributed by atoms with Crippen LogP contribution in [0.25, 0.3) is 0 Å². The quantitative estimate of drug-likeness (QED) is 0.632. The first-order valence-electron chi connectivity index (χ1n) is 8.92. The second kappa shape index (κ2) is 7.89. The summed E-state index contributed by atoms with van der Waals surface area (Å²) in [5.74, 6) is 1.64. The third-order valence-corrected chi connectivity index (χ3v) is 5.42. The molecule has 1 aromatic heterocycles. The molecule has 4 nitrogen and oxygen atoms in total. The van der Waals surface area contributed by atoms with Crippen molar-refractivity contribution in [1.29, 1.82) is 0 Å². The summed E-state index contributed by atoms with van der Waals surface area (Å²) < 4.78 is 13.9. The molecule has 1 atom stereocenters. The maximum Gasteiger partial charge on any atom is 0.190 e. The van der Waals surface area contributed by atoms with Crippen LogP contribution < -0.4 is 9.54 Å². The molecule has 0 bridgehead atoms. The molecule has 0 saturated carbocycles. The van der Waals surface area contributed by atoms with Crippen LogP contribution in [-0.2, 0) is 11.3 Å². The Labute approximate surface area is 157 Å². The van der Waals surface area contributed by atoms with Crippen molar-refractivity contribution in [3.05, 3.63) is 70.5 Å². The van der Waals surface area contributed by atoms with Gasteiger partial charge in [0.1, 0.15) is 11.5 Å². The Hall–Kier alpha value is -2.37. The van der Waals surface area contributed by atoms with Crippen molar-refractivity contribution < 1.29 is 9.47 Å². The fraction of sp³-hybridized carbons (Fsp3) is 0.286. The van der Waals surface area contributed by atoms with Crippen molar-refractivity contribution in [3.63, 3.8) is 0 Å². The molecule has 0 radical (unpaired) electrons. The minimum absolute atomic E-state index is 0.309. The van der Waals surface area contributed by atoms with Crippen LogP contribution >= 0.6 is 11.3 Å². The number of aryl methyl sites for hydroxylation is 1. The molecule has 3 aromatic rings. The molecule has 134 valence electrons. The first kappa shape index (κ1) is 17.1. The molecule has 1 fully saturated rings. The van der Waals surface area contributed by atoms with Gasteiger partial charge in [-0.2, -0.15) is 0 Å². The van der Waals surface area contributed by atoms with Gasteiger partial charge in [0.25, 0.3) is 0 Å². The molecule has 0 spiro atoms. The van der Waals surface area contributed by atoms with Gasteiger partial charge in [-0.15, -0.1) is 11.3 Å². The molecule has 2 aromatic carbocycles. The number of aromatic nitrogens is 1. The zero-order valence-electron chi connectivity index (χ0n) is 14.8. The monoisotopic (exact) mass is 366 g/mol. The van der Waals surface area contributed by atoms with Crippen molar-refractivity contribution in [3.8, 4) is 11.5 Å². The summed E-state index contributed by atoms with van der Waals surface area (Å²) in [6.07, 6.45) is 2.60. The van der Waals surface area contributed by atoms with Crippen LogP contribution in [0.5, 0.6) is 11.5 Å². The van der Waals surface area contributed by atoms with E-state index in [1.165, 1.54) is 5.69 Å². The largest absolute Gasteiger partial charge is 0.457 e. The summed E-state index contributed by atoms with van der Waals surface area (Å²) in [5.41, 5.74) is 2.15. The molecule has 1 saturated heterocycles. The van der Waals surface area contributed by atoms with Crippen molar-refractivity contribution in [2.45, 2.75) is 32.4 Å². The predicted molar refractivity (Wildman–Crippen MR) is 104 cm³/mol. The van der Waals surface area contributed by atoms with Gasteiger partial charge in [0.15, 0.2) is 4.80 Å². The van der Waals surface area contributed by atoms with Gasteiger partial charge >= 0.3 is 0 Å². The minimum atomic E-state index is 0.309. The van der Waals surface area contributed by atoms with Crippen LogP contribution in [0.4, 0.5) is 5.69 Å². The molecular formula is C21H22N2O2S. The maximum absolute atomic E-state index is 5.84. The summed E-state index contributed by atoms with van der Waals surface area (Å²) in [4.78, 5) is 5.83. The Bertz CT molecular complexity index is 907. The van der Waals surface area contributed by atoms with Crippen LogP contribution in [0.15, 0.2) is 65.0 Å². The molecular weight excluding hydrogens is 344 g/mol. The highest BCUT2D eigenvalue weighted by atomic mass is 32.1. The first-order valence-corrected chi connectivity index (χ1v) is 9.80. The molecule has 26 heavy (non-hydrogen) atoms. The molecule has 1 aliphatic rings. The van der Waals surface area contributed by atoms with Gasteiger partial charge < -0.3 is 14.0 Å². The molecule has 1 aliphatic heterocycles. The van der Waals surface area contributed by atoms with Gasteiger partial charge in [-0.1, -0.05) is 18.2 Å². The van der Waals surface area contributed by atoms with E-state index in [0.29, 0.717) is 6.10 Å². The number of benzene rings is 2. The lowest BCUT2D eigenvalue weighted by Crippen LogP contribution is -2.24. The smallest absolute Gasteiger partial charge is 0.190 e. The number of nitrogens with zero attached hydrogens (tertiary/aromatic N) is 2. The third-order valence-electron chi connectivity index (χ3n) is 4.44. The van der Waals surface area contributed by atoms with Crippen LogP contribution in [-0.4, -0.2) is 17.3 Å². The SMILES string of the molecule is Cc1csc(=Nc2ccc(Oc3ccccc3)cc2)n1CC1CCCO1. The van der Waals surface area contributed by atoms with Crippen LogP contribution in [0.1, 0.15) is 18.5 Å². The van der Waals surface area contributed by atoms with Gasteiger partial charge in [-0.05, 0) is 56.2 Å². The molecule has 2 heterocycles. The molecule has 5 heteroatoms. The second-order valence-electron chi connectivity index (χ2n) is 6.43. The summed E-state index contributed by atoms with van der Waals surface area (Å²) in [6.45, 7) is 3.88. The van der Waals surface area contributed by atoms with E-state index in [9.17, 15) is 0 Å². The molecule has 0 amide bonds. The number of thiazole rings is 1. The predicted octanol–water partition coefficient (Wildman–Crippen LogP) is 5.06. The van der Waals surface area contributed by atoms with E-state index < -0.39 is 0 Å². The zero-order valence-corrected chi connectivity index (χ0v) is 15.6. The average Bonchev–Trinajstić information content (AvgIpc) is 3.30. The van der Waals surface area contributed by atoms with E-state index in [0.717, 1.165) is 48.0 Å². The normalized spacial score (nSPS) is 17.6. The summed E-state index contributed by atoms with van der Waals surface area (Å²) in [5, 5.41) is 2.15. The molecule has 0 N–H and O–H groups in total. The van der Waals surface area contributed by atoms with Gasteiger partial charge in [0, 0.05) is 17.7 Å². The highest BCUT2D eigenvalue weighted by molar-refractivity contribution is 7.07. The first-order chi connectivity index (χ1) is 12.8. The van der Waals surface area contributed by atoms with Gasteiger partial charge in [-0.3, -0.25) is 0 Å². The van der Waals surface area contributed by atoms with Crippen molar-refractivity contribution in [1.82, 2.24) is 4.57 Å². The van der Waals surface area contributed by atoms with Crippen LogP contribution in [0.3, 0.4) is 0 Å². The Morgan fingerprint density at radius 3 is 2.62 bits per heavy atom. The number of rotatable bonds is 5. The summed E-state index contributed by atoms with van der Waals surface area (Å²) in [6, 6.07) is 17.7. The Kier molecular flexibility index (Phi) is 5.18. The van der Waals surface area contributed by atoms with Crippen molar-refractivity contribution >= 4 is 17.0 Å². The Morgan fingerprint density at radius 1 is 1.12 bits per heavy atom. The minimum Gasteiger partial charge on any atom is -0.457 e. The van der Waals surface area contributed by atoms with Crippen molar-refractivity contribution in [2.24, 2.45) is 4.99 Å². The highest BCUT2D eigenvalue weighted by Crippen LogP contribution is 2.23. The standard InChI is InChI=1S/C21H22N2O2S/c1-16-15-26-21(23(16)14-20-8-5-13-24-20)22-17-9-11-19(12-10-17)25-18-6-3-2-4-7-18/h2-4,6-7,9-12,15,20H,5,8,13-14H2,1H3. The van der Waals surface area contributed by atoms with E-state index in [4.69, 9.17) is 14.5 Å². The fourth-order valence-electron chi connectivity index (χ4n) is 3.04. The summed E-state index contributed by atoms with van der Waals surface area (Å²) in [7, 11) is 0. The molecule has 1 unspecified atom stereocenters. The zero-order chi connectivity index (χ0) is 17.8. The van der Waals surface area contributed by atoms with Crippen LogP contribution in [0, 0.1) is 6.92 Å². The van der Waals surface area contributed by atoms with E-state index in [2.05, 4.69) is 16.9 Å². The number of hydrogen-bond donors (Lipinski definition) is 0. The molecule has 4 rings (SSSR count). The average molecular weight is 366 g/mol. The summed E-state index contributed by atoms with van der Waals surface area (Å²) >= 11 is 1.67. The Balaban J connectivity index is 1.53. The lowest BCUT2D eigenvalue weighted by molar-refractivity contribution is 0.0959. The van der Waals surface area contributed by atoms with E-state index >= 15 is 0 Å². The van der Waals surface area contributed by atoms with E-state index in [-0.39, 0.29) is 0 Å². The fourth-order valence-corrected chi connectivity index (χ4v) is 3.95. The maximum atomic E-state index is 5.84.